The SMILES string of the molecule is CC1=CC23C(=O)C(C=C(CO)C(O)C2(O)C1N(N)/C=C(\N)c1ccc(Cl)cc1)C(C)(C)C(C)C[C@H]3C. The van der Waals surface area contributed by atoms with Crippen LogP contribution in [-0.2, 0) is 4.79 Å². The number of Topliss-reactive ketones (excluding diaryl/α,β-unsaturated/α-hetero) is 1. The molecule has 1 saturated carbocycles. The Bertz CT molecular complexity index is 1140. The smallest absolute Gasteiger partial charge is 0.153 e. The lowest BCUT2D eigenvalue weighted by Crippen LogP contribution is -2.68. The minimum Gasteiger partial charge on any atom is -0.397 e. The summed E-state index contributed by atoms with van der Waals surface area (Å²) in [5, 5.41) is 36.4. The van der Waals surface area contributed by atoms with Crippen LogP contribution in [0.4, 0.5) is 0 Å². The molecule has 36 heavy (non-hydrogen) atoms. The number of allylic oxidation sites excluding steroid dienone is 1. The molecule has 4 rings (SSSR count). The molecule has 7 atom stereocenters. The van der Waals surface area contributed by atoms with Crippen molar-refractivity contribution in [2.24, 2.45) is 40.2 Å². The molecule has 7 N–H and O–H groups in total. The number of hydrogen-bond donors (Lipinski definition) is 5. The van der Waals surface area contributed by atoms with E-state index in [1.165, 1.54) is 11.2 Å². The molecule has 1 aromatic rings. The third-order valence-electron chi connectivity index (χ3n) is 9.31. The first-order valence-corrected chi connectivity index (χ1v) is 12.8. The number of benzene rings is 1. The van der Waals surface area contributed by atoms with Crippen LogP contribution in [0.3, 0.4) is 0 Å². The van der Waals surface area contributed by atoms with Crippen LogP contribution >= 0.6 is 11.6 Å². The summed E-state index contributed by atoms with van der Waals surface area (Å²) in [5.41, 5.74) is 4.37. The molecule has 7 nitrogen and oxygen atoms in total. The van der Waals surface area contributed by atoms with E-state index in [1.807, 2.05) is 33.8 Å². The maximum atomic E-state index is 14.5. The molecule has 8 heteroatoms. The molecule has 0 heterocycles. The highest BCUT2D eigenvalue weighted by atomic mass is 35.5. The molecule has 0 aliphatic heterocycles. The maximum Gasteiger partial charge on any atom is 0.153 e. The summed E-state index contributed by atoms with van der Waals surface area (Å²) in [4.78, 5) is 14.5. The number of carbonyl (C=O) groups excluding carboxylic acids is 1. The standard InChI is InChI=1S/C28H38ClN3O4/c1-15-12-27-17(3)10-16(2)26(4,5)21(25(27)35)11-19(14-33)24(34)28(27,36)23(15)32(31)13-22(30)18-6-8-20(29)9-7-18/h6-9,11-13,16-17,21,23-24,33-34,36H,10,14,30-31H2,1-5H3/b22-13-/t16?,17-,21?,23?,24?,27?,28?/m1/s1. The van der Waals surface area contributed by atoms with Crippen molar-refractivity contribution in [3.8, 4) is 0 Å². The second-order valence-corrected chi connectivity index (χ2v) is 12.0. The summed E-state index contributed by atoms with van der Waals surface area (Å²) in [5.74, 6) is 5.67. The highest BCUT2D eigenvalue weighted by Crippen LogP contribution is 2.62. The fourth-order valence-corrected chi connectivity index (χ4v) is 7.03. The van der Waals surface area contributed by atoms with Gasteiger partial charge in [0.15, 0.2) is 5.78 Å². The van der Waals surface area contributed by atoms with Crippen LogP contribution in [0, 0.1) is 28.6 Å². The van der Waals surface area contributed by atoms with E-state index in [4.69, 9.17) is 23.2 Å². The summed E-state index contributed by atoms with van der Waals surface area (Å²) in [6.07, 6.45) is 4.15. The van der Waals surface area contributed by atoms with E-state index in [0.29, 0.717) is 28.3 Å². The lowest BCUT2D eigenvalue weighted by atomic mass is 9.59. The van der Waals surface area contributed by atoms with Crippen molar-refractivity contribution in [3.05, 3.63) is 64.3 Å². The Morgan fingerprint density at radius 1 is 1.22 bits per heavy atom. The molecule has 3 aliphatic rings. The van der Waals surface area contributed by atoms with Crippen LogP contribution in [-0.4, -0.2) is 50.5 Å². The molecule has 1 aromatic carbocycles. The molecular weight excluding hydrogens is 478 g/mol. The van der Waals surface area contributed by atoms with Gasteiger partial charge in [-0.05, 0) is 59.4 Å². The quantitative estimate of drug-likeness (QED) is 0.236. The molecule has 1 spiro atoms. The average molecular weight is 516 g/mol. The summed E-state index contributed by atoms with van der Waals surface area (Å²) in [6, 6.07) is 5.98. The molecule has 6 unspecified atom stereocenters. The van der Waals surface area contributed by atoms with Crippen LogP contribution in [0.1, 0.15) is 46.6 Å². The highest BCUT2D eigenvalue weighted by Gasteiger charge is 2.72. The highest BCUT2D eigenvalue weighted by molar-refractivity contribution is 6.30. The molecule has 2 bridgehead atoms. The fraction of sp³-hybridized carbons (Fsp3) is 0.536. The number of aliphatic hydroxyl groups excluding tert-OH is 2. The van der Waals surface area contributed by atoms with E-state index in [1.54, 1.807) is 30.3 Å². The van der Waals surface area contributed by atoms with E-state index < -0.39 is 41.1 Å². The molecule has 0 saturated heterocycles. The summed E-state index contributed by atoms with van der Waals surface area (Å²) >= 11 is 6.00. The molecule has 1 fully saturated rings. The monoisotopic (exact) mass is 515 g/mol. The number of rotatable bonds is 4. The third kappa shape index (κ3) is 3.59. The average Bonchev–Trinajstić information content (AvgIpc) is 3.00. The van der Waals surface area contributed by atoms with Gasteiger partial charge >= 0.3 is 0 Å². The maximum absolute atomic E-state index is 14.5. The van der Waals surface area contributed by atoms with Crippen LogP contribution in [0.25, 0.3) is 5.70 Å². The number of nitrogens with zero attached hydrogens (tertiary/aromatic N) is 1. The van der Waals surface area contributed by atoms with Crippen molar-refractivity contribution < 1.29 is 20.1 Å². The summed E-state index contributed by atoms with van der Waals surface area (Å²) < 4.78 is 0. The van der Waals surface area contributed by atoms with Crippen LogP contribution < -0.4 is 11.6 Å². The molecule has 3 aliphatic carbocycles. The number of aliphatic hydroxyl groups is 3. The van der Waals surface area contributed by atoms with Gasteiger partial charge in [0.2, 0.25) is 0 Å². The lowest BCUT2D eigenvalue weighted by Gasteiger charge is -2.50. The zero-order valence-electron chi connectivity index (χ0n) is 21.6. The Balaban J connectivity index is 1.90. The van der Waals surface area contributed by atoms with E-state index in [-0.39, 0.29) is 23.2 Å². The van der Waals surface area contributed by atoms with Gasteiger partial charge in [0.1, 0.15) is 11.7 Å². The minimum absolute atomic E-state index is 0.152. The zero-order chi connectivity index (χ0) is 26.8. The number of carbonyl (C=O) groups is 1. The molecule has 196 valence electrons. The van der Waals surface area contributed by atoms with Gasteiger partial charge in [0.05, 0.1) is 23.8 Å². The van der Waals surface area contributed by atoms with Crippen molar-refractivity contribution in [2.45, 2.75) is 58.8 Å². The number of halogens is 1. The number of nitrogens with two attached hydrogens (primary N) is 2. The summed E-state index contributed by atoms with van der Waals surface area (Å²) in [7, 11) is 0. The van der Waals surface area contributed by atoms with Gasteiger partial charge in [-0.2, -0.15) is 0 Å². The Kier molecular flexibility index (Phi) is 6.72. The van der Waals surface area contributed by atoms with E-state index in [9.17, 15) is 20.1 Å². The van der Waals surface area contributed by atoms with E-state index in [2.05, 4.69) is 6.92 Å². The lowest BCUT2D eigenvalue weighted by molar-refractivity contribution is -0.177. The Labute approximate surface area is 218 Å². The first-order valence-electron chi connectivity index (χ1n) is 12.4. The van der Waals surface area contributed by atoms with E-state index in [0.717, 1.165) is 0 Å². The van der Waals surface area contributed by atoms with Gasteiger partial charge in [0, 0.05) is 17.1 Å². The second-order valence-electron chi connectivity index (χ2n) is 11.5. The number of ketones is 1. The Morgan fingerprint density at radius 2 is 1.83 bits per heavy atom. The van der Waals surface area contributed by atoms with E-state index >= 15 is 0 Å². The Morgan fingerprint density at radius 3 is 2.42 bits per heavy atom. The van der Waals surface area contributed by atoms with Crippen molar-refractivity contribution in [2.75, 3.05) is 6.61 Å². The Hall–Kier alpha value is -2.16. The van der Waals surface area contributed by atoms with Crippen molar-refractivity contribution >= 4 is 23.1 Å². The second kappa shape index (κ2) is 8.99. The fourth-order valence-electron chi connectivity index (χ4n) is 6.90. The number of hydrogen-bond acceptors (Lipinski definition) is 7. The number of fused-ring (bicyclic) bond motifs is 1. The van der Waals surface area contributed by atoms with Gasteiger partial charge in [-0.1, -0.05) is 63.6 Å². The predicted molar refractivity (Wildman–Crippen MR) is 141 cm³/mol. The van der Waals surface area contributed by atoms with Gasteiger partial charge in [0.25, 0.3) is 0 Å². The minimum atomic E-state index is -2.03. The van der Waals surface area contributed by atoms with Crippen LogP contribution in [0.5, 0.6) is 0 Å². The first kappa shape index (κ1) is 26.9. The normalized spacial score (nSPS) is 38.0. The van der Waals surface area contributed by atoms with Crippen molar-refractivity contribution in [1.82, 2.24) is 5.01 Å². The topological polar surface area (TPSA) is 133 Å². The van der Waals surface area contributed by atoms with Crippen molar-refractivity contribution in [1.29, 1.82) is 0 Å². The van der Waals surface area contributed by atoms with Gasteiger partial charge in [-0.15, -0.1) is 0 Å². The summed E-state index contributed by atoms with van der Waals surface area (Å²) in [6.45, 7) is 9.49. The zero-order valence-corrected chi connectivity index (χ0v) is 22.3. The molecule has 0 radical (unpaired) electrons. The van der Waals surface area contributed by atoms with Gasteiger partial charge in [-0.3, -0.25) is 4.79 Å². The largest absolute Gasteiger partial charge is 0.397 e. The first-order chi connectivity index (χ1) is 16.7. The molecule has 0 amide bonds. The van der Waals surface area contributed by atoms with Gasteiger partial charge < -0.3 is 26.1 Å². The molecule has 0 aromatic heterocycles. The van der Waals surface area contributed by atoms with Crippen LogP contribution in [0.2, 0.25) is 5.02 Å². The third-order valence-corrected chi connectivity index (χ3v) is 9.56. The van der Waals surface area contributed by atoms with Crippen LogP contribution in [0.15, 0.2) is 53.8 Å². The van der Waals surface area contributed by atoms with Crippen molar-refractivity contribution in [3.63, 3.8) is 0 Å². The van der Waals surface area contributed by atoms with Gasteiger partial charge in [-0.25, -0.2) is 5.84 Å². The molecular formula is C28H38ClN3O4. The number of hydrazine groups is 1. The predicted octanol–water partition coefficient (Wildman–Crippen LogP) is 3.00.